The monoisotopic (exact) mass is 403 g/mol. The molecule has 0 bridgehead atoms. The second kappa shape index (κ2) is 7.63. The number of likely N-dealkylation sites (tertiary alicyclic amines) is 1. The summed E-state index contributed by atoms with van der Waals surface area (Å²) in [5.74, 6) is 0.783. The number of hydrogen-bond acceptors (Lipinski definition) is 7. The lowest BCUT2D eigenvalue weighted by Crippen LogP contribution is -2.61. The SMILES string of the molecule is CC(C)(C)OC(=O)N1CCC2(CC1)CN(c1ncc(N3CCC(O)CC3)cn1)C2. The lowest BCUT2D eigenvalue weighted by molar-refractivity contribution is 0.00580. The molecule has 0 saturated carbocycles. The molecule has 0 aromatic carbocycles. The maximum absolute atomic E-state index is 12.3. The van der Waals surface area contributed by atoms with Gasteiger partial charge < -0.3 is 24.5 Å². The average Bonchev–Trinajstić information content (AvgIpc) is 2.66. The second-order valence-corrected chi connectivity index (χ2v) is 9.78. The van der Waals surface area contributed by atoms with Gasteiger partial charge in [0.2, 0.25) is 5.95 Å². The van der Waals surface area contributed by atoms with Crippen LogP contribution >= 0.6 is 0 Å². The largest absolute Gasteiger partial charge is 0.444 e. The number of piperidine rings is 2. The molecule has 1 aromatic heterocycles. The van der Waals surface area contributed by atoms with Crippen LogP contribution in [0.25, 0.3) is 0 Å². The fourth-order valence-electron chi connectivity index (χ4n) is 4.48. The van der Waals surface area contributed by atoms with Gasteiger partial charge >= 0.3 is 6.09 Å². The predicted molar refractivity (Wildman–Crippen MR) is 111 cm³/mol. The van der Waals surface area contributed by atoms with Crippen LogP contribution in [0.2, 0.25) is 0 Å². The molecule has 3 saturated heterocycles. The number of amides is 1. The minimum Gasteiger partial charge on any atom is -0.444 e. The molecule has 0 unspecified atom stereocenters. The summed E-state index contributed by atoms with van der Waals surface area (Å²) in [5, 5.41) is 9.65. The number of rotatable bonds is 2. The van der Waals surface area contributed by atoms with E-state index in [1.54, 1.807) is 0 Å². The van der Waals surface area contributed by atoms with Gasteiger partial charge in [0.1, 0.15) is 5.60 Å². The van der Waals surface area contributed by atoms with Crippen LogP contribution < -0.4 is 9.80 Å². The topological polar surface area (TPSA) is 82.0 Å². The Morgan fingerprint density at radius 1 is 1.07 bits per heavy atom. The zero-order chi connectivity index (χ0) is 20.6. The number of anilines is 2. The van der Waals surface area contributed by atoms with Crippen LogP contribution in [0.1, 0.15) is 46.5 Å². The fourth-order valence-corrected chi connectivity index (χ4v) is 4.48. The van der Waals surface area contributed by atoms with Crippen molar-refractivity contribution in [3.8, 4) is 0 Å². The van der Waals surface area contributed by atoms with Crippen molar-refractivity contribution in [2.75, 3.05) is 49.1 Å². The van der Waals surface area contributed by atoms with E-state index in [1.165, 1.54) is 0 Å². The first-order valence-electron chi connectivity index (χ1n) is 10.7. The molecule has 0 radical (unpaired) electrons. The Bertz CT molecular complexity index is 709. The highest BCUT2D eigenvalue weighted by Gasteiger charge is 2.46. The predicted octanol–water partition coefficient (Wildman–Crippen LogP) is 2.28. The van der Waals surface area contributed by atoms with Gasteiger partial charge in [-0.1, -0.05) is 0 Å². The third kappa shape index (κ3) is 4.57. The summed E-state index contributed by atoms with van der Waals surface area (Å²) in [6.45, 7) is 10.8. The van der Waals surface area contributed by atoms with Crippen LogP contribution in [0.3, 0.4) is 0 Å². The van der Waals surface area contributed by atoms with Crippen LogP contribution in [0.15, 0.2) is 12.4 Å². The standard InChI is InChI=1S/C21H33N5O3/c1-20(2,3)29-19(28)25-10-6-21(7-11-25)14-26(15-21)18-22-12-16(13-23-18)24-8-4-17(27)5-9-24/h12-13,17,27H,4-11,14-15H2,1-3H3. The van der Waals surface area contributed by atoms with Gasteiger partial charge in [-0.05, 0) is 46.5 Å². The number of carbonyl (C=O) groups is 1. The van der Waals surface area contributed by atoms with Crippen LogP contribution in [-0.2, 0) is 4.74 Å². The fraction of sp³-hybridized carbons (Fsp3) is 0.762. The second-order valence-electron chi connectivity index (χ2n) is 9.78. The molecule has 8 nitrogen and oxygen atoms in total. The van der Waals surface area contributed by atoms with E-state index >= 15 is 0 Å². The highest BCUT2D eigenvalue weighted by atomic mass is 16.6. The molecule has 4 rings (SSSR count). The Morgan fingerprint density at radius 3 is 2.21 bits per heavy atom. The highest BCUT2D eigenvalue weighted by Crippen LogP contribution is 2.42. The Balaban J connectivity index is 1.26. The summed E-state index contributed by atoms with van der Waals surface area (Å²) in [4.78, 5) is 27.7. The number of hydrogen-bond donors (Lipinski definition) is 1. The van der Waals surface area contributed by atoms with Crippen LogP contribution in [0.4, 0.5) is 16.4 Å². The summed E-state index contributed by atoms with van der Waals surface area (Å²) in [5.41, 5.74) is 0.849. The summed E-state index contributed by atoms with van der Waals surface area (Å²) < 4.78 is 5.49. The number of aliphatic hydroxyl groups is 1. The van der Waals surface area contributed by atoms with Gasteiger partial charge in [-0.15, -0.1) is 0 Å². The van der Waals surface area contributed by atoms with Gasteiger partial charge in [-0.25, -0.2) is 14.8 Å². The molecule has 3 aliphatic rings. The first-order valence-corrected chi connectivity index (χ1v) is 10.7. The molecule has 3 aliphatic heterocycles. The lowest BCUT2D eigenvalue weighted by Gasteiger charge is -2.53. The molecule has 1 N–H and O–H groups in total. The summed E-state index contributed by atoms with van der Waals surface area (Å²) >= 11 is 0. The van der Waals surface area contributed by atoms with E-state index < -0.39 is 5.60 Å². The van der Waals surface area contributed by atoms with Crippen molar-refractivity contribution >= 4 is 17.7 Å². The molecule has 1 spiro atoms. The minimum absolute atomic E-state index is 0.176. The van der Waals surface area contributed by atoms with Crippen LogP contribution in [0.5, 0.6) is 0 Å². The Labute approximate surface area is 172 Å². The normalized spacial score (nSPS) is 22.6. The number of nitrogens with zero attached hydrogens (tertiary/aromatic N) is 5. The zero-order valence-corrected chi connectivity index (χ0v) is 17.8. The van der Waals surface area contributed by atoms with Crippen molar-refractivity contribution in [2.45, 2.75) is 58.2 Å². The molecule has 8 heteroatoms. The third-order valence-electron chi connectivity index (χ3n) is 6.27. The molecular weight excluding hydrogens is 370 g/mol. The average molecular weight is 404 g/mol. The van der Waals surface area contributed by atoms with Gasteiger partial charge in [0, 0.05) is 44.7 Å². The number of carbonyl (C=O) groups excluding carboxylic acids is 1. The van der Waals surface area contributed by atoms with Crippen LogP contribution in [-0.4, -0.2) is 77.0 Å². The van der Waals surface area contributed by atoms with E-state index in [1.807, 2.05) is 38.1 Å². The van der Waals surface area contributed by atoms with E-state index in [0.29, 0.717) is 0 Å². The van der Waals surface area contributed by atoms with E-state index in [4.69, 9.17) is 4.74 Å². The molecule has 0 atom stereocenters. The molecule has 1 amide bonds. The van der Waals surface area contributed by atoms with Crippen molar-refractivity contribution < 1.29 is 14.6 Å². The molecule has 0 aliphatic carbocycles. The molecule has 160 valence electrons. The maximum Gasteiger partial charge on any atom is 0.410 e. The number of aromatic nitrogens is 2. The first kappa shape index (κ1) is 20.2. The molecular formula is C21H33N5O3. The third-order valence-corrected chi connectivity index (χ3v) is 6.27. The molecule has 1 aromatic rings. The number of aliphatic hydroxyl groups excluding tert-OH is 1. The highest BCUT2D eigenvalue weighted by molar-refractivity contribution is 5.68. The Kier molecular flexibility index (Phi) is 5.31. The van der Waals surface area contributed by atoms with Crippen molar-refractivity contribution in [1.82, 2.24) is 14.9 Å². The van der Waals surface area contributed by atoms with Crippen molar-refractivity contribution in [1.29, 1.82) is 0 Å². The first-order chi connectivity index (χ1) is 13.7. The van der Waals surface area contributed by atoms with Gasteiger partial charge in [0.25, 0.3) is 0 Å². The van der Waals surface area contributed by atoms with E-state index in [9.17, 15) is 9.90 Å². The quantitative estimate of drug-likeness (QED) is 0.811. The van der Waals surface area contributed by atoms with Gasteiger partial charge in [0.15, 0.2) is 0 Å². The van der Waals surface area contributed by atoms with Gasteiger partial charge in [-0.3, -0.25) is 0 Å². The molecule has 3 fully saturated rings. The minimum atomic E-state index is -0.447. The van der Waals surface area contributed by atoms with Crippen molar-refractivity contribution in [3.05, 3.63) is 12.4 Å². The van der Waals surface area contributed by atoms with Crippen molar-refractivity contribution in [2.24, 2.45) is 5.41 Å². The summed E-state index contributed by atoms with van der Waals surface area (Å²) in [6.07, 6.45) is 7.02. The van der Waals surface area contributed by atoms with E-state index in [0.717, 1.165) is 76.6 Å². The summed E-state index contributed by atoms with van der Waals surface area (Å²) in [6, 6.07) is 0. The van der Waals surface area contributed by atoms with E-state index in [2.05, 4.69) is 19.8 Å². The van der Waals surface area contributed by atoms with Gasteiger partial charge in [0.05, 0.1) is 24.2 Å². The lowest BCUT2D eigenvalue weighted by atomic mass is 9.72. The molecule has 4 heterocycles. The van der Waals surface area contributed by atoms with Gasteiger partial charge in [-0.2, -0.15) is 0 Å². The smallest absolute Gasteiger partial charge is 0.410 e. The zero-order valence-electron chi connectivity index (χ0n) is 17.8. The maximum atomic E-state index is 12.3. The van der Waals surface area contributed by atoms with Crippen LogP contribution in [0, 0.1) is 5.41 Å². The molecule has 29 heavy (non-hydrogen) atoms. The van der Waals surface area contributed by atoms with E-state index in [-0.39, 0.29) is 17.6 Å². The Hall–Kier alpha value is -2.09. The van der Waals surface area contributed by atoms with Crippen molar-refractivity contribution in [3.63, 3.8) is 0 Å². The number of ether oxygens (including phenoxy) is 1. The summed E-state index contributed by atoms with van der Waals surface area (Å²) in [7, 11) is 0. The Morgan fingerprint density at radius 2 is 1.66 bits per heavy atom.